The predicted octanol–water partition coefficient (Wildman–Crippen LogP) is 7.11. The van der Waals surface area contributed by atoms with Crippen molar-refractivity contribution in [2.45, 2.75) is 77.0 Å². The maximum Gasteiger partial charge on any atom is 0.0912 e. The number of allylic oxidation sites excluding steroid dienone is 4. The van der Waals surface area contributed by atoms with E-state index in [4.69, 9.17) is 5.26 Å². The van der Waals surface area contributed by atoms with Gasteiger partial charge in [-0.05, 0) is 61.5 Å². The molecule has 0 N–H and O–H groups in total. The van der Waals surface area contributed by atoms with Gasteiger partial charge in [0.05, 0.1) is 6.07 Å². The first kappa shape index (κ1) is 19.5. The third-order valence-corrected chi connectivity index (χ3v) is 5.46. The van der Waals surface area contributed by atoms with Crippen molar-refractivity contribution in [3.63, 3.8) is 0 Å². The SMILES string of the molecule is CCCCCCCc1ccc(C2CCC(C=CC=CC#N)CC2)cc1. The van der Waals surface area contributed by atoms with Crippen LogP contribution in [-0.4, -0.2) is 0 Å². The lowest BCUT2D eigenvalue weighted by Gasteiger charge is -2.27. The van der Waals surface area contributed by atoms with E-state index in [2.05, 4.69) is 37.3 Å². The molecular weight excluding hydrogens is 302 g/mol. The summed E-state index contributed by atoms with van der Waals surface area (Å²) in [6, 6.07) is 11.5. The first-order chi connectivity index (χ1) is 12.3. The van der Waals surface area contributed by atoms with Gasteiger partial charge in [0.15, 0.2) is 0 Å². The third-order valence-electron chi connectivity index (χ3n) is 5.46. The second-order valence-corrected chi connectivity index (χ2v) is 7.39. The summed E-state index contributed by atoms with van der Waals surface area (Å²) < 4.78 is 0. The molecular formula is C24H33N. The molecule has 1 nitrogen and oxygen atoms in total. The van der Waals surface area contributed by atoms with Crippen LogP contribution in [0.25, 0.3) is 0 Å². The third kappa shape index (κ3) is 7.30. The van der Waals surface area contributed by atoms with Crippen molar-refractivity contribution in [3.8, 4) is 6.07 Å². The Bertz CT molecular complexity index is 565. The number of nitrogens with zero attached hydrogens (tertiary/aromatic N) is 1. The molecule has 1 fully saturated rings. The number of benzene rings is 1. The van der Waals surface area contributed by atoms with Gasteiger partial charge in [-0.25, -0.2) is 0 Å². The fourth-order valence-corrected chi connectivity index (χ4v) is 3.85. The first-order valence-corrected chi connectivity index (χ1v) is 10.1. The molecule has 0 atom stereocenters. The number of unbranched alkanes of at least 4 members (excludes halogenated alkanes) is 4. The van der Waals surface area contributed by atoms with E-state index in [-0.39, 0.29) is 0 Å². The van der Waals surface area contributed by atoms with Crippen molar-refractivity contribution in [3.05, 3.63) is 59.7 Å². The molecule has 0 spiro atoms. The van der Waals surface area contributed by atoms with Gasteiger partial charge in [0.2, 0.25) is 0 Å². The fourth-order valence-electron chi connectivity index (χ4n) is 3.85. The number of rotatable bonds is 9. The summed E-state index contributed by atoms with van der Waals surface area (Å²) in [6.07, 6.45) is 20.8. The van der Waals surface area contributed by atoms with E-state index in [0.29, 0.717) is 5.92 Å². The molecule has 0 saturated heterocycles. The summed E-state index contributed by atoms with van der Waals surface area (Å²) in [7, 11) is 0. The predicted molar refractivity (Wildman–Crippen MR) is 107 cm³/mol. The summed E-state index contributed by atoms with van der Waals surface area (Å²) in [5.41, 5.74) is 3.03. The number of nitriles is 1. The summed E-state index contributed by atoms with van der Waals surface area (Å²) in [6.45, 7) is 2.27. The average molecular weight is 336 g/mol. The normalized spacial score (nSPS) is 21.0. The van der Waals surface area contributed by atoms with Crippen molar-refractivity contribution in [1.29, 1.82) is 5.26 Å². The van der Waals surface area contributed by atoms with E-state index in [9.17, 15) is 0 Å². The standard InChI is InChI=1S/C24H33N/c1-2-3-4-5-7-10-21-12-16-23(17-13-21)24-18-14-22(15-19-24)11-8-6-9-20-25/h6,8-9,11-13,16-17,22,24H,2-5,7,10,14-15,18-19H2,1H3. The van der Waals surface area contributed by atoms with Gasteiger partial charge in [0.1, 0.15) is 0 Å². The van der Waals surface area contributed by atoms with Crippen molar-refractivity contribution in [2.75, 3.05) is 0 Å². The van der Waals surface area contributed by atoms with Crippen LogP contribution in [0.3, 0.4) is 0 Å². The van der Waals surface area contributed by atoms with Crippen LogP contribution in [0.1, 0.15) is 81.8 Å². The van der Waals surface area contributed by atoms with Crippen LogP contribution in [0.2, 0.25) is 0 Å². The molecule has 1 aliphatic rings. The second-order valence-electron chi connectivity index (χ2n) is 7.39. The molecule has 1 aromatic carbocycles. The van der Waals surface area contributed by atoms with Gasteiger partial charge < -0.3 is 0 Å². The van der Waals surface area contributed by atoms with E-state index in [0.717, 1.165) is 5.92 Å². The van der Waals surface area contributed by atoms with Crippen molar-refractivity contribution in [2.24, 2.45) is 5.92 Å². The Hall–Kier alpha value is -1.81. The monoisotopic (exact) mass is 335 g/mol. The molecule has 0 heterocycles. The van der Waals surface area contributed by atoms with Crippen LogP contribution in [0.4, 0.5) is 0 Å². The molecule has 0 aromatic heterocycles. The Morgan fingerprint density at radius 3 is 2.36 bits per heavy atom. The molecule has 0 radical (unpaired) electrons. The molecule has 1 aliphatic carbocycles. The van der Waals surface area contributed by atoms with Gasteiger partial charge in [-0.2, -0.15) is 5.26 Å². The van der Waals surface area contributed by atoms with Gasteiger partial charge in [-0.15, -0.1) is 0 Å². The molecule has 1 heteroatoms. The Morgan fingerprint density at radius 1 is 0.960 bits per heavy atom. The zero-order valence-corrected chi connectivity index (χ0v) is 15.8. The molecule has 0 amide bonds. The highest BCUT2D eigenvalue weighted by atomic mass is 14.3. The zero-order chi connectivity index (χ0) is 17.7. The van der Waals surface area contributed by atoms with Crippen molar-refractivity contribution >= 4 is 0 Å². The second kappa shape index (κ2) is 11.7. The van der Waals surface area contributed by atoms with Crippen molar-refractivity contribution in [1.82, 2.24) is 0 Å². The van der Waals surface area contributed by atoms with Gasteiger partial charge in [-0.1, -0.05) is 75.1 Å². The molecule has 1 saturated carbocycles. The van der Waals surface area contributed by atoms with Crippen LogP contribution in [0.5, 0.6) is 0 Å². The summed E-state index contributed by atoms with van der Waals surface area (Å²) in [5.74, 6) is 1.42. The minimum Gasteiger partial charge on any atom is -0.193 e. The number of aryl methyl sites for hydroxylation is 1. The largest absolute Gasteiger partial charge is 0.193 e. The quantitative estimate of drug-likeness (QED) is 0.268. The van der Waals surface area contributed by atoms with Gasteiger partial charge in [0.25, 0.3) is 0 Å². The smallest absolute Gasteiger partial charge is 0.0912 e. The van der Waals surface area contributed by atoms with E-state index in [1.807, 2.05) is 18.2 Å². The summed E-state index contributed by atoms with van der Waals surface area (Å²) >= 11 is 0. The molecule has 0 unspecified atom stereocenters. The molecule has 0 bridgehead atoms. The maximum absolute atomic E-state index is 8.49. The van der Waals surface area contributed by atoms with Gasteiger partial charge in [0, 0.05) is 6.08 Å². The fraction of sp³-hybridized carbons (Fsp3) is 0.542. The number of hydrogen-bond donors (Lipinski definition) is 0. The Morgan fingerprint density at radius 2 is 1.68 bits per heavy atom. The topological polar surface area (TPSA) is 23.8 Å². The van der Waals surface area contributed by atoms with Crippen LogP contribution in [-0.2, 0) is 6.42 Å². The highest BCUT2D eigenvalue weighted by Gasteiger charge is 2.20. The highest BCUT2D eigenvalue weighted by molar-refractivity contribution is 5.26. The van der Waals surface area contributed by atoms with Crippen LogP contribution >= 0.6 is 0 Å². The van der Waals surface area contributed by atoms with Gasteiger partial charge >= 0.3 is 0 Å². The van der Waals surface area contributed by atoms with E-state index >= 15 is 0 Å². The van der Waals surface area contributed by atoms with Crippen LogP contribution in [0.15, 0.2) is 48.6 Å². The highest BCUT2D eigenvalue weighted by Crippen LogP contribution is 2.36. The first-order valence-electron chi connectivity index (χ1n) is 10.1. The Balaban J connectivity index is 1.73. The maximum atomic E-state index is 8.49. The Labute approximate surface area is 154 Å². The number of hydrogen-bond acceptors (Lipinski definition) is 1. The molecule has 2 rings (SSSR count). The Kier molecular flexibility index (Phi) is 9.13. The lowest BCUT2D eigenvalue weighted by atomic mass is 9.78. The molecule has 1 aromatic rings. The van der Waals surface area contributed by atoms with E-state index < -0.39 is 0 Å². The van der Waals surface area contributed by atoms with E-state index in [1.165, 1.54) is 81.4 Å². The molecule has 25 heavy (non-hydrogen) atoms. The molecule has 0 aliphatic heterocycles. The van der Waals surface area contributed by atoms with Crippen LogP contribution < -0.4 is 0 Å². The van der Waals surface area contributed by atoms with Gasteiger partial charge in [-0.3, -0.25) is 0 Å². The van der Waals surface area contributed by atoms with Crippen molar-refractivity contribution < 1.29 is 0 Å². The summed E-state index contributed by atoms with van der Waals surface area (Å²) in [4.78, 5) is 0. The average Bonchev–Trinajstić information content (AvgIpc) is 2.66. The molecule has 134 valence electrons. The minimum atomic E-state index is 0.682. The lowest BCUT2D eigenvalue weighted by molar-refractivity contribution is 0.376. The van der Waals surface area contributed by atoms with Crippen LogP contribution in [0, 0.1) is 17.2 Å². The summed E-state index contributed by atoms with van der Waals surface area (Å²) in [5, 5.41) is 8.49. The lowest BCUT2D eigenvalue weighted by Crippen LogP contribution is -2.11. The zero-order valence-electron chi connectivity index (χ0n) is 15.8. The minimum absolute atomic E-state index is 0.682. The van der Waals surface area contributed by atoms with E-state index in [1.54, 1.807) is 0 Å².